The molecule has 1 unspecified atom stereocenters. The molecule has 2 nitrogen and oxygen atoms in total. The minimum Gasteiger partial charge on any atom is -0.327 e. The molecule has 0 aromatic carbocycles. The monoisotopic (exact) mass is 154 g/mol. The lowest BCUT2D eigenvalue weighted by atomic mass is 10.1. The lowest BCUT2D eigenvalue weighted by Gasteiger charge is -2.15. The summed E-state index contributed by atoms with van der Waals surface area (Å²) >= 11 is 0. The van der Waals surface area contributed by atoms with Crippen molar-refractivity contribution in [3.63, 3.8) is 0 Å². The molecule has 11 heavy (non-hydrogen) atoms. The van der Waals surface area contributed by atoms with E-state index in [0.717, 1.165) is 19.4 Å². The second kappa shape index (κ2) is 6.21. The molecule has 0 aliphatic carbocycles. The van der Waals surface area contributed by atoms with Crippen LogP contribution in [0.3, 0.4) is 0 Å². The van der Waals surface area contributed by atoms with Gasteiger partial charge in [0.15, 0.2) is 0 Å². The van der Waals surface area contributed by atoms with E-state index >= 15 is 0 Å². The summed E-state index contributed by atoms with van der Waals surface area (Å²) in [7, 11) is 4.07. The second-order valence-corrected chi connectivity index (χ2v) is 2.99. The summed E-state index contributed by atoms with van der Waals surface area (Å²) in [5, 5.41) is 0. The maximum Gasteiger partial charge on any atom is 0.0176 e. The molecule has 2 N–H and O–H groups in total. The molecule has 0 radical (unpaired) electrons. The van der Waals surface area contributed by atoms with Crippen LogP contribution in [-0.2, 0) is 0 Å². The summed E-state index contributed by atoms with van der Waals surface area (Å²) in [4.78, 5) is 2.10. The van der Waals surface area contributed by atoms with E-state index in [9.17, 15) is 0 Å². The molecule has 0 heterocycles. The van der Waals surface area contributed by atoms with Gasteiger partial charge in [-0.1, -0.05) is 0 Å². The van der Waals surface area contributed by atoms with E-state index in [-0.39, 0.29) is 6.04 Å². The van der Waals surface area contributed by atoms with Crippen LogP contribution in [0, 0.1) is 11.8 Å². The quantitative estimate of drug-likeness (QED) is 0.603. The van der Waals surface area contributed by atoms with Crippen molar-refractivity contribution in [3.8, 4) is 11.8 Å². The Morgan fingerprint density at radius 3 is 2.55 bits per heavy atom. The third-order valence-corrected chi connectivity index (χ3v) is 1.42. The number of hydrogen-bond donors (Lipinski definition) is 1. The molecule has 0 amide bonds. The molecular weight excluding hydrogens is 136 g/mol. The van der Waals surface area contributed by atoms with Crippen LogP contribution >= 0.6 is 0 Å². The standard InChI is InChI=1S/C9H18N2/c1-4-5-6-7-9(10)8-11(2)3/h9H,6-8,10H2,1-3H3. The summed E-state index contributed by atoms with van der Waals surface area (Å²) in [5.74, 6) is 5.86. The van der Waals surface area contributed by atoms with Crippen molar-refractivity contribution in [2.24, 2.45) is 5.73 Å². The minimum atomic E-state index is 0.269. The van der Waals surface area contributed by atoms with E-state index < -0.39 is 0 Å². The van der Waals surface area contributed by atoms with Gasteiger partial charge in [-0.05, 0) is 27.4 Å². The highest BCUT2D eigenvalue weighted by atomic mass is 15.1. The Hall–Kier alpha value is -0.520. The highest BCUT2D eigenvalue weighted by molar-refractivity contribution is 4.95. The van der Waals surface area contributed by atoms with Gasteiger partial charge >= 0.3 is 0 Å². The predicted molar refractivity (Wildman–Crippen MR) is 49.2 cm³/mol. The lowest BCUT2D eigenvalue weighted by Crippen LogP contribution is -2.32. The topological polar surface area (TPSA) is 29.3 Å². The summed E-state index contributed by atoms with van der Waals surface area (Å²) in [5.41, 5.74) is 5.81. The summed E-state index contributed by atoms with van der Waals surface area (Å²) in [6.07, 6.45) is 1.92. The fourth-order valence-electron chi connectivity index (χ4n) is 0.943. The first-order chi connectivity index (χ1) is 5.16. The van der Waals surface area contributed by atoms with E-state index in [1.54, 1.807) is 0 Å². The lowest BCUT2D eigenvalue weighted by molar-refractivity contribution is 0.365. The summed E-state index contributed by atoms with van der Waals surface area (Å²) in [6, 6.07) is 0.269. The third kappa shape index (κ3) is 7.38. The Balaban J connectivity index is 3.34. The van der Waals surface area contributed by atoms with E-state index in [4.69, 9.17) is 5.73 Å². The van der Waals surface area contributed by atoms with Gasteiger partial charge in [0, 0.05) is 19.0 Å². The third-order valence-electron chi connectivity index (χ3n) is 1.42. The first-order valence-corrected chi connectivity index (χ1v) is 3.96. The van der Waals surface area contributed by atoms with Crippen LogP contribution in [0.4, 0.5) is 0 Å². The van der Waals surface area contributed by atoms with Crippen LogP contribution in [0.25, 0.3) is 0 Å². The van der Waals surface area contributed by atoms with Crippen molar-refractivity contribution in [1.82, 2.24) is 4.90 Å². The molecule has 0 aromatic rings. The number of likely N-dealkylation sites (N-methyl/N-ethyl adjacent to an activating group) is 1. The Morgan fingerprint density at radius 1 is 1.45 bits per heavy atom. The maximum atomic E-state index is 5.81. The van der Waals surface area contributed by atoms with E-state index in [2.05, 4.69) is 16.7 Å². The van der Waals surface area contributed by atoms with Crippen LogP contribution in [-0.4, -0.2) is 31.6 Å². The molecule has 0 saturated heterocycles. The van der Waals surface area contributed by atoms with Gasteiger partial charge in [0.1, 0.15) is 0 Å². The molecule has 2 heteroatoms. The Kier molecular flexibility index (Phi) is 5.91. The molecule has 0 bridgehead atoms. The van der Waals surface area contributed by atoms with E-state index in [1.165, 1.54) is 0 Å². The van der Waals surface area contributed by atoms with Gasteiger partial charge in [0.05, 0.1) is 0 Å². The van der Waals surface area contributed by atoms with Gasteiger partial charge in [-0.3, -0.25) is 0 Å². The predicted octanol–water partition coefficient (Wildman–Crippen LogP) is 0.679. The number of nitrogens with two attached hydrogens (primary N) is 1. The zero-order chi connectivity index (χ0) is 8.69. The highest BCUT2D eigenvalue weighted by Gasteiger charge is 2.01. The van der Waals surface area contributed by atoms with Gasteiger partial charge in [0.25, 0.3) is 0 Å². The summed E-state index contributed by atoms with van der Waals surface area (Å²) < 4.78 is 0. The Labute approximate surface area is 69.8 Å². The van der Waals surface area contributed by atoms with Gasteiger partial charge < -0.3 is 10.6 Å². The van der Waals surface area contributed by atoms with Crippen LogP contribution < -0.4 is 5.73 Å². The average Bonchev–Trinajstić information content (AvgIpc) is 1.86. The van der Waals surface area contributed by atoms with Crippen molar-refractivity contribution < 1.29 is 0 Å². The van der Waals surface area contributed by atoms with Crippen molar-refractivity contribution >= 4 is 0 Å². The fraction of sp³-hybridized carbons (Fsp3) is 0.778. The van der Waals surface area contributed by atoms with Crippen LogP contribution in [0.1, 0.15) is 19.8 Å². The number of rotatable bonds is 4. The molecule has 0 spiro atoms. The molecule has 64 valence electrons. The van der Waals surface area contributed by atoms with Crippen molar-refractivity contribution in [1.29, 1.82) is 0 Å². The molecule has 0 aliphatic heterocycles. The first-order valence-electron chi connectivity index (χ1n) is 3.96. The smallest absolute Gasteiger partial charge is 0.0176 e. The van der Waals surface area contributed by atoms with Crippen molar-refractivity contribution in [3.05, 3.63) is 0 Å². The highest BCUT2D eigenvalue weighted by Crippen LogP contribution is 1.93. The average molecular weight is 154 g/mol. The first kappa shape index (κ1) is 10.5. The molecule has 0 aliphatic rings. The maximum absolute atomic E-state index is 5.81. The normalized spacial score (nSPS) is 12.5. The van der Waals surface area contributed by atoms with Crippen LogP contribution in [0.5, 0.6) is 0 Å². The van der Waals surface area contributed by atoms with Gasteiger partial charge in [0.2, 0.25) is 0 Å². The zero-order valence-corrected chi connectivity index (χ0v) is 7.72. The second-order valence-electron chi connectivity index (χ2n) is 2.99. The zero-order valence-electron chi connectivity index (χ0n) is 7.72. The van der Waals surface area contributed by atoms with Crippen molar-refractivity contribution in [2.75, 3.05) is 20.6 Å². The van der Waals surface area contributed by atoms with Crippen LogP contribution in [0.2, 0.25) is 0 Å². The van der Waals surface area contributed by atoms with Gasteiger partial charge in [-0.2, -0.15) is 0 Å². The number of hydrogen-bond acceptors (Lipinski definition) is 2. The van der Waals surface area contributed by atoms with E-state index in [1.807, 2.05) is 21.0 Å². The van der Waals surface area contributed by atoms with E-state index in [0.29, 0.717) is 0 Å². The molecule has 0 aromatic heterocycles. The minimum absolute atomic E-state index is 0.269. The molecular formula is C9H18N2. The summed E-state index contributed by atoms with van der Waals surface area (Å²) in [6.45, 7) is 2.81. The SMILES string of the molecule is CC#CCCC(N)CN(C)C. The van der Waals surface area contributed by atoms with Crippen molar-refractivity contribution in [2.45, 2.75) is 25.8 Å². The molecule has 0 rings (SSSR count). The Morgan fingerprint density at radius 2 is 2.09 bits per heavy atom. The van der Waals surface area contributed by atoms with Crippen LogP contribution in [0.15, 0.2) is 0 Å². The number of nitrogens with zero attached hydrogens (tertiary/aromatic N) is 1. The fourth-order valence-corrected chi connectivity index (χ4v) is 0.943. The molecule has 0 fully saturated rings. The molecule has 1 atom stereocenters. The van der Waals surface area contributed by atoms with Gasteiger partial charge in [-0.15, -0.1) is 11.8 Å². The largest absolute Gasteiger partial charge is 0.327 e. The molecule has 0 saturated carbocycles. The Bertz CT molecular complexity index is 141. The van der Waals surface area contributed by atoms with Gasteiger partial charge in [-0.25, -0.2) is 0 Å².